The standard InChI is InChI=1S/C15H26N4O/c1-4-6-12-7-8-19(10-12)15-9-13(16-5-2)17-14(18-15)11-20-3/h9,12H,4-8,10-11H2,1-3H3,(H,16,17,18). The Balaban J connectivity index is 2.13. The minimum Gasteiger partial charge on any atom is -0.377 e. The summed E-state index contributed by atoms with van der Waals surface area (Å²) in [5, 5.41) is 3.27. The van der Waals surface area contributed by atoms with E-state index in [-0.39, 0.29) is 0 Å². The molecule has 0 amide bonds. The van der Waals surface area contributed by atoms with Crippen LogP contribution in [0.15, 0.2) is 6.07 Å². The molecule has 0 aliphatic carbocycles. The number of nitrogens with one attached hydrogen (secondary N) is 1. The molecule has 1 fully saturated rings. The van der Waals surface area contributed by atoms with Crippen LogP contribution in [0.25, 0.3) is 0 Å². The summed E-state index contributed by atoms with van der Waals surface area (Å²) in [6, 6.07) is 2.05. The maximum absolute atomic E-state index is 5.17. The monoisotopic (exact) mass is 278 g/mol. The number of nitrogens with zero attached hydrogens (tertiary/aromatic N) is 3. The zero-order chi connectivity index (χ0) is 14.4. The number of hydrogen-bond acceptors (Lipinski definition) is 5. The minimum atomic E-state index is 0.457. The number of aromatic nitrogens is 2. The summed E-state index contributed by atoms with van der Waals surface area (Å²) in [4.78, 5) is 11.5. The van der Waals surface area contributed by atoms with Crippen LogP contribution in [-0.4, -0.2) is 36.7 Å². The summed E-state index contributed by atoms with van der Waals surface area (Å²) >= 11 is 0. The van der Waals surface area contributed by atoms with Crippen LogP contribution in [0, 0.1) is 5.92 Å². The van der Waals surface area contributed by atoms with Gasteiger partial charge in [0.2, 0.25) is 0 Å². The quantitative estimate of drug-likeness (QED) is 0.831. The van der Waals surface area contributed by atoms with E-state index in [1.165, 1.54) is 19.3 Å². The first-order valence-electron chi connectivity index (χ1n) is 7.62. The van der Waals surface area contributed by atoms with Crippen LogP contribution in [0.1, 0.15) is 38.9 Å². The number of hydrogen-bond donors (Lipinski definition) is 1. The molecule has 1 saturated heterocycles. The number of methoxy groups -OCH3 is 1. The molecule has 112 valence electrons. The highest BCUT2D eigenvalue weighted by Crippen LogP contribution is 2.26. The van der Waals surface area contributed by atoms with Crippen LogP contribution in [0.2, 0.25) is 0 Å². The molecule has 1 aliphatic heterocycles. The summed E-state index contributed by atoms with van der Waals surface area (Å²) in [6.07, 6.45) is 3.85. The van der Waals surface area contributed by atoms with Gasteiger partial charge in [0.1, 0.15) is 18.2 Å². The first-order valence-corrected chi connectivity index (χ1v) is 7.62. The molecule has 1 aliphatic rings. The lowest BCUT2D eigenvalue weighted by Crippen LogP contribution is -2.22. The van der Waals surface area contributed by atoms with Crippen molar-refractivity contribution in [2.24, 2.45) is 5.92 Å². The van der Waals surface area contributed by atoms with E-state index in [1.54, 1.807) is 7.11 Å². The van der Waals surface area contributed by atoms with Gasteiger partial charge in [-0.2, -0.15) is 0 Å². The fourth-order valence-corrected chi connectivity index (χ4v) is 2.80. The Morgan fingerprint density at radius 3 is 2.95 bits per heavy atom. The molecule has 0 bridgehead atoms. The topological polar surface area (TPSA) is 50.3 Å². The Labute approximate surface area is 121 Å². The van der Waals surface area contributed by atoms with Crippen LogP contribution in [0.3, 0.4) is 0 Å². The van der Waals surface area contributed by atoms with Gasteiger partial charge in [-0.3, -0.25) is 0 Å². The third-order valence-electron chi connectivity index (χ3n) is 3.70. The van der Waals surface area contributed by atoms with Gasteiger partial charge >= 0.3 is 0 Å². The fraction of sp³-hybridized carbons (Fsp3) is 0.733. The third-order valence-corrected chi connectivity index (χ3v) is 3.70. The van der Waals surface area contributed by atoms with Crippen molar-refractivity contribution in [1.82, 2.24) is 9.97 Å². The molecular formula is C15H26N4O. The first-order chi connectivity index (χ1) is 9.76. The molecule has 5 nitrogen and oxygen atoms in total. The SMILES string of the molecule is CCCC1CCN(c2cc(NCC)nc(COC)n2)C1. The number of rotatable bonds is 7. The molecule has 0 aromatic carbocycles. The largest absolute Gasteiger partial charge is 0.377 e. The van der Waals surface area contributed by atoms with Gasteiger partial charge in [-0.15, -0.1) is 0 Å². The van der Waals surface area contributed by atoms with E-state index >= 15 is 0 Å². The second kappa shape index (κ2) is 7.43. The molecular weight excluding hydrogens is 252 g/mol. The maximum atomic E-state index is 5.17. The Hall–Kier alpha value is -1.36. The van der Waals surface area contributed by atoms with Gasteiger partial charge in [-0.05, 0) is 25.7 Å². The fourth-order valence-electron chi connectivity index (χ4n) is 2.80. The number of anilines is 2. The predicted molar refractivity (Wildman–Crippen MR) is 82.1 cm³/mol. The summed E-state index contributed by atoms with van der Waals surface area (Å²) in [6.45, 7) is 7.86. The summed E-state index contributed by atoms with van der Waals surface area (Å²) in [5.41, 5.74) is 0. The smallest absolute Gasteiger partial charge is 0.158 e. The lowest BCUT2D eigenvalue weighted by molar-refractivity contribution is 0.178. The van der Waals surface area contributed by atoms with Gasteiger partial charge in [0.15, 0.2) is 5.82 Å². The lowest BCUT2D eigenvalue weighted by atomic mass is 10.0. The van der Waals surface area contributed by atoms with Gasteiger partial charge in [-0.25, -0.2) is 9.97 Å². The van der Waals surface area contributed by atoms with Crippen molar-refractivity contribution in [3.63, 3.8) is 0 Å². The van der Waals surface area contributed by atoms with Crippen molar-refractivity contribution in [3.8, 4) is 0 Å². The van der Waals surface area contributed by atoms with Crippen molar-refractivity contribution < 1.29 is 4.74 Å². The van der Waals surface area contributed by atoms with E-state index in [4.69, 9.17) is 4.74 Å². The molecule has 0 radical (unpaired) electrons. The Morgan fingerprint density at radius 2 is 2.25 bits per heavy atom. The first kappa shape index (κ1) is 15.0. The molecule has 20 heavy (non-hydrogen) atoms. The van der Waals surface area contributed by atoms with Gasteiger partial charge in [0, 0.05) is 32.8 Å². The molecule has 2 heterocycles. The Morgan fingerprint density at radius 1 is 1.40 bits per heavy atom. The molecule has 2 rings (SSSR count). The molecule has 1 atom stereocenters. The van der Waals surface area contributed by atoms with E-state index in [9.17, 15) is 0 Å². The van der Waals surface area contributed by atoms with Crippen LogP contribution < -0.4 is 10.2 Å². The molecule has 0 spiro atoms. The third kappa shape index (κ3) is 3.82. The van der Waals surface area contributed by atoms with Crippen molar-refractivity contribution in [3.05, 3.63) is 11.9 Å². The maximum Gasteiger partial charge on any atom is 0.158 e. The zero-order valence-corrected chi connectivity index (χ0v) is 12.9. The van der Waals surface area contributed by atoms with Gasteiger partial charge in [0.05, 0.1) is 0 Å². The second-order valence-electron chi connectivity index (χ2n) is 5.38. The van der Waals surface area contributed by atoms with Gasteiger partial charge < -0.3 is 15.0 Å². The summed E-state index contributed by atoms with van der Waals surface area (Å²) in [7, 11) is 1.68. The van der Waals surface area contributed by atoms with E-state index < -0.39 is 0 Å². The lowest BCUT2D eigenvalue weighted by Gasteiger charge is -2.19. The van der Waals surface area contributed by atoms with E-state index in [0.29, 0.717) is 6.61 Å². The van der Waals surface area contributed by atoms with Crippen molar-refractivity contribution >= 4 is 11.6 Å². The molecule has 1 N–H and O–H groups in total. The van der Waals surface area contributed by atoms with Gasteiger partial charge in [0.25, 0.3) is 0 Å². The molecule has 1 aromatic rings. The normalized spacial score (nSPS) is 18.6. The van der Waals surface area contributed by atoms with Crippen LogP contribution in [0.5, 0.6) is 0 Å². The zero-order valence-electron chi connectivity index (χ0n) is 12.9. The highest BCUT2D eigenvalue weighted by Gasteiger charge is 2.23. The van der Waals surface area contributed by atoms with E-state index in [1.807, 2.05) is 0 Å². The molecule has 1 aromatic heterocycles. The summed E-state index contributed by atoms with van der Waals surface area (Å²) < 4.78 is 5.17. The van der Waals surface area contributed by atoms with E-state index in [2.05, 4.69) is 40.1 Å². The van der Waals surface area contributed by atoms with Crippen molar-refractivity contribution in [2.75, 3.05) is 37.0 Å². The minimum absolute atomic E-state index is 0.457. The Bertz CT molecular complexity index is 400. The van der Waals surface area contributed by atoms with E-state index in [0.717, 1.165) is 43.0 Å². The predicted octanol–water partition coefficient (Wildman–Crippen LogP) is 2.68. The molecule has 5 heteroatoms. The molecule has 1 unspecified atom stereocenters. The van der Waals surface area contributed by atoms with Crippen LogP contribution in [-0.2, 0) is 11.3 Å². The highest BCUT2D eigenvalue weighted by atomic mass is 16.5. The second-order valence-corrected chi connectivity index (χ2v) is 5.38. The van der Waals surface area contributed by atoms with Crippen molar-refractivity contribution in [1.29, 1.82) is 0 Å². The number of ether oxygens (including phenoxy) is 1. The highest BCUT2D eigenvalue weighted by molar-refractivity contribution is 5.50. The average molecular weight is 278 g/mol. The van der Waals surface area contributed by atoms with Crippen LogP contribution in [0.4, 0.5) is 11.6 Å². The molecule has 0 saturated carbocycles. The van der Waals surface area contributed by atoms with Gasteiger partial charge in [-0.1, -0.05) is 13.3 Å². The summed E-state index contributed by atoms with van der Waals surface area (Å²) in [5.74, 6) is 3.48. The average Bonchev–Trinajstić information content (AvgIpc) is 2.88. The van der Waals surface area contributed by atoms with Crippen LogP contribution >= 0.6 is 0 Å². The Kier molecular flexibility index (Phi) is 5.59. The van der Waals surface area contributed by atoms with Crippen molar-refractivity contribution in [2.45, 2.75) is 39.7 Å².